The molecular weight excluding hydrogens is 230 g/mol. The molecule has 3 aromatic rings. The van der Waals surface area contributed by atoms with Crippen LogP contribution in [0.5, 0.6) is 0 Å². The summed E-state index contributed by atoms with van der Waals surface area (Å²) in [5.41, 5.74) is 10.0. The topological polar surface area (TPSA) is 51.8 Å². The molecule has 0 unspecified atom stereocenters. The predicted octanol–water partition coefficient (Wildman–Crippen LogP) is 3.25. The minimum atomic E-state index is 0.795. The number of thiazole rings is 1. The van der Waals surface area contributed by atoms with E-state index in [2.05, 4.69) is 16.9 Å². The number of fused-ring (bicyclic) bond motifs is 1. The smallest absolute Gasteiger partial charge is 0.124 e. The zero-order chi connectivity index (χ0) is 11.8. The van der Waals surface area contributed by atoms with Crippen LogP contribution < -0.4 is 5.73 Å². The van der Waals surface area contributed by atoms with Crippen LogP contribution in [0.2, 0.25) is 0 Å². The lowest BCUT2D eigenvalue weighted by Gasteiger charge is -1.96. The molecule has 0 aliphatic heterocycles. The van der Waals surface area contributed by atoms with E-state index in [1.165, 1.54) is 0 Å². The molecular formula is C13H11N3S. The van der Waals surface area contributed by atoms with Crippen LogP contribution in [0, 0.1) is 6.92 Å². The average Bonchev–Trinajstić information content (AvgIpc) is 2.81. The Morgan fingerprint density at radius 3 is 2.59 bits per heavy atom. The van der Waals surface area contributed by atoms with Crippen molar-refractivity contribution in [3.63, 3.8) is 0 Å². The number of nitrogens with two attached hydrogens (primary N) is 1. The van der Waals surface area contributed by atoms with Gasteiger partial charge in [0.1, 0.15) is 5.01 Å². The maximum atomic E-state index is 5.97. The molecule has 17 heavy (non-hydrogen) atoms. The molecule has 0 radical (unpaired) electrons. The number of rotatable bonds is 1. The second kappa shape index (κ2) is 3.82. The third-order valence-corrected chi connectivity index (χ3v) is 3.86. The summed E-state index contributed by atoms with van der Waals surface area (Å²) in [5.74, 6) is 0. The lowest BCUT2D eigenvalue weighted by molar-refractivity contribution is 1.32. The number of benzene rings is 1. The Morgan fingerprint density at radius 2 is 1.88 bits per heavy atom. The highest BCUT2D eigenvalue weighted by Gasteiger charge is 2.09. The van der Waals surface area contributed by atoms with Crippen LogP contribution in [0.3, 0.4) is 0 Å². The Bertz CT molecular complexity index is 635. The van der Waals surface area contributed by atoms with Gasteiger partial charge in [0.25, 0.3) is 0 Å². The maximum Gasteiger partial charge on any atom is 0.124 e. The van der Waals surface area contributed by atoms with Gasteiger partial charge in [-0.05, 0) is 30.7 Å². The molecule has 0 saturated carbocycles. The van der Waals surface area contributed by atoms with Gasteiger partial charge in [-0.15, -0.1) is 11.3 Å². The second-order valence-electron chi connectivity index (χ2n) is 3.90. The maximum absolute atomic E-state index is 5.97. The quantitative estimate of drug-likeness (QED) is 0.665. The van der Waals surface area contributed by atoms with E-state index in [1.807, 2.05) is 24.3 Å². The molecule has 0 bridgehead atoms. The van der Waals surface area contributed by atoms with Crippen molar-refractivity contribution >= 4 is 27.2 Å². The highest BCUT2D eigenvalue weighted by atomic mass is 32.1. The summed E-state index contributed by atoms with van der Waals surface area (Å²) in [6.45, 7) is 2.05. The lowest BCUT2D eigenvalue weighted by atomic mass is 10.2. The number of pyridine rings is 1. The van der Waals surface area contributed by atoms with E-state index in [0.717, 1.165) is 32.0 Å². The summed E-state index contributed by atoms with van der Waals surface area (Å²) in [6, 6.07) is 7.87. The monoisotopic (exact) mass is 241 g/mol. The van der Waals surface area contributed by atoms with Gasteiger partial charge in [0.15, 0.2) is 0 Å². The van der Waals surface area contributed by atoms with Crippen molar-refractivity contribution in [2.45, 2.75) is 6.92 Å². The van der Waals surface area contributed by atoms with Crippen molar-refractivity contribution < 1.29 is 0 Å². The molecule has 2 heterocycles. The van der Waals surface area contributed by atoms with Crippen LogP contribution in [0.25, 0.3) is 20.8 Å². The van der Waals surface area contributed by atoms with Crippen molar-refractivity contribution in [3.8, 4) is 10.6 Å². The van der Waals surface area contributed by atoms with E-state index < -0.39 is 0 Å². The van der Waals surface area contributed by atoms with Gasteiger partial charge < -0.3 is 5.73 Å². The van der Waals surface area contributed by atoms with Crippen LogP contribution in [0.4, 0.5) is 5.69 Å². The van der Waals surface area contributed by atoms with Gasteiger partial charge in [0, 0.05) is 18.0 Å². The Labute approximate surface area is 103 Å². The first kappa shape index (κ1) is 10.2. The van der Waals surface area contributed by atoms with Crippen molar-refractivity contribution in [2.24, 2.45) is 0 Å². The minimum absolute atomic E-state index is 0.795. The van der Waals surface area contributed by atoms with Gasteiger partial charge in [-0.3, -0.25) is 4.98 Å². The molecule has 0 atom stereocenters. The van der Waals surface area contributed by atoms with Crippen LogP contribution in [0.1, 0.15) is 5.56 Å². The van der Waals surface area contributed by atoms with E-state index in [9.17, 15) is 0 Å². The Balaban J connectivity index is 2.27. The fourth-order valence-electron chi connectivity index (χ4n) is 1.77. The standard InChI is InChI=1S/C13H11N3S/c1-8-2-3-10(14)12-11(8)16-13(17-12)9-4-6-15-7-5-9/h2-7H,14H2,1H3. The van der Waals surface area contributed by atoms with Crippen molar-refractivity contribution in [2.75, 3.05) is 5.73 Å². The average molecular weight is 241 g/mol. The Morgan fingerprint density at radius 1 is 1.12 bits per heavy atom. The van der Waals surface area contributed by atoms with Gasteiger partial charge in [-0.25, -0.2) is 4.98 Å². The third kappa shape index (κ3) is 1.66. The highest BCUT2D eigenvalue weighted by molar-refractivity contribution is 7.22. The number of aryl methyl sites for hydroxylation is 1. The van der Waals surface area contributed by atoms with Gasteiger partial charge in [-0.1, -0.05) is 6.07 Å². The number of hydrogen-bond donors (Lipinski definition) is 1. The molecule has 0 fully saturated rings. The Kier molecular flexibility index (Phi) is 2.30. The van der Waals surface area contributed by atoms with E-state index in [1.54, 1.807) is 23.7 Å². The second-order valence-corrected chi connectivity index (χ2v) is 4.90. The first-order chi connectivity index (χ1) is 8.25. The van der Waals surface area contributed by atoms with Gasteiger partial charge in [0.2, 0.25) is 0 Å². The summed E-state index contributed by atoms with van der Waals surface area (Å²) < 4.78 is 1.07. The van der Waals surface area contributed by atoms with E-state index in [4.69, 9.17) is 5.73 Å². The van der Waals surface area contributed by atoms with Gasteiger partial charge >= 0.3 is 0 Å². The fraction of sp³-hybridized carbons (Fsp3) is 0.0769. The van der Waals surface area contributed by atoms with Crippen molar-refractivity contribution in [1.29, 1.82) is 0 Å². The molecule has 3 nitrogen and oxygen atoms in total. The summed E-state index contributed by atoms with van der Waals surface area (Å²) in [5, 5.41) is 0.989. The lowest BCUT2D eigenvalue weighted by Crippen LogP contribution is -1.85. The number of nitrogens with zero attached hydrogens (tertiary/aromatic N) is 2. The highest BCUT2D eigenvalue weighted by Crippen LogP contribution is 2.34. The molecule has 84 valence electrons. The van der Waals surface area contributed by atoms with Gasteiger partial charge in [0.05, 0.1) is 15.9 Å². The predicted molar refractivity (Wildman–Crippen MR) is 72.0 cm³/mol. The number of hydrogen-bond acceptors (Lipinski definition) is 4. The zero-order valence-electron chi connectivity index (χ0n) is 9.34. The summed E-state index contributed by atoms with van der Waals surface area (Å²) in [4.78, 5) is 8.67. The number of nitrogen functional groups attached to an aromatic ring is 1. The zero-order valence-corrected chi connectivity index (χ0v) is 10.2. The number of anilines is 1. The molecule has 3 rings (SSSR count). The Hall–Kier alpha value is -1.94. The molecule has 1 aromatic carbocycles. The third-order valence-electron chi connectivity index (χ3n) is 2.70. The summed E-state index contributed by atoms with van der Waals surface area (Å²) >= 11 is 1.63. The largest absolute Gasteiger partial charge is 0.398 e. The van der Waals surface area contributed by atoms with E-state index in [0.29, 0.717) is 0 Å². The SMILES string of the molecule is Cc1ccc(N)c2sc(-c3ccncc3)nc12. The fourth-order valence-corrected chi connectivity index (χ4v) is 2.84. The molecule has 0 aliphatic carbocycles. The van der Waals surface area contributed by atoms with Crippen molar-refractivity contribution in [1.82, 2.24) is 9.97 Å². The molecule has 2 aromatic heterocycles. The van der Waals surface area contributed by atoms with Crippen LogP contribution in [-0.4, -0.2) is 9.97 Å². The summed E-state index contributed by atoms with van der Waals surface area (Å²) in [7, 11) is 0. The molecule has 0 amide bonds. The minimum Gasteiger partial charge on any atom is -0.398 e. The number of aromatic nitrogens is 2. The van der Waals surface area contributed by atoms with Crippen LogP contribution >= 0.6 is 11.3 Å². The molecule has 0 spiro atoms. The van der Waals surface area contributed by atoms with E-state index >= 15 is 0 Å². The first-order valence-electron chi connectivity index (χ1n) is 5.32. The molecule has 4 heteroatoms. The van der Waals surface area contributed by atoms with Crippen LogP contribution in [0.15, 0.2) is 36.7 Å². The summed E-state index contributed by atoms with van der Waals surface area (Å²) in [6.07, 6.45) is 3.55. The van der Waals surface area contributed by atoms with Crippen LogP contribution in [-0.2, 0) is 0 Å². The van der Waals surface area contributed by atoms with Crippen molar-refractivity contribution in [3.05, 3.63) is 42.2 Å². The molecule has 0 saturated heterocycles. The van der Waals surface area contributed by atoms with E-state index in [-0.39, 0.29) is 0 Å². The first-order valence-corrected chi connectivity index (χ1v) is 6.13. The normalized spacial score (nSPS) is 10.9. The molecule has 0 aliphatic rings. The molecule has 2 N–H and O–H groups in total. The van der Waals surface area contributed by atoms with Gasteiger partial charge in [-0.2, -0.15) is 0 Å².